The minimum atomic E-state index is -0.498. The highest BCUT2D eigenvalue weighted by atomic mass is 16.5. The van der Waals surface area contributed by atoms with E-state index in [2.05, 4.69) is 15.6 Å². The molecule has 1 aliphatic heterocycles. The molecule has 0 saturated heterocycles. The highest BCUT2D eigenvalue weighted by Crippen LogP contribution is 2.30. The molecule has 0 aromatic heterocycles. The number of nitrogens with zero attached hydrogens (tertiary/aromatic N) is 2. The monoisotopic (exact) mass is 284 g/mol. The Labute approximate surface area is 123 Å². The van der Waals surface area contributed by atoms with E-state index < -0.39 is 12.0 Å². The van der Waals surface area contributed by atoms with E-state index in [9.17, 15) is 4.79 Å². The SMILES string of the molecule is CCOC(=O)C1=C(C)NC(NC#N)=NC1c1ccccc1. The molecule has 2 N–H and O–H groups in total. The predicted octanol–water partition coefficient (Wildman–Crippen LogP) is 1.59. The molecule has 1 atom stereocenters. The van der Waals surface area contributed by atoms with Crippen LogP contribution in [0.3, 0.4) is 0 Å². The lowest BCUT2D eigenvalue weighted by Crippen LogP contribution is -2.39. The van der Waals surface area contributed by atoms with Crippen molar-refractivity contribution < 1.29 is 9.53 Å². The van der Waals surface area contributed by atoms with E-state index in [0.29, 0.717) is 23.8 Å². The van der Waals surface area contributed by atoms with Gasteiger partial charge >= 0.3 is 5.97 Å². The van der Waals surface area contributed by atoms with Crippen LogP contribution in [0.4, 0.5) is 0 Å². The van der Waals surface area contributed by atoms with Crippen molar-refractivity contribution in [2.75, 3.05) is 6.61 Å². The first-order chi connectivity index (χ1) is 10.2. The van der Waals surface area contributed by atoms with Gasteiger partial charge in [-0.1, -0.05) is 30.3 Å². The number of guanidine groups is 1. The summed E-state index contributed by atoms with van der Waals surface area (Å²) in [7, 11) is 0. The van der Waals surface area contributed by atoms with Crippen LogP contribution in [0.1, 0.15) is 25.5 Å². The number of esters is 1. The van der Waals surface area contributed by atoms with Crippen LogP contribution < -0.4 is 10.6 Å². The summed E-state index contributed by atoms with van der Waals surface area (Å²) in [6.07, 6.45) is 1.82. The Morgan fingerprint density at radius 3 is 2.81 bits per heavy atom. The number of rotatable bonds is 3. The topological polar surface area (TPSA) is 86.5 Å². The minimum absolute atomic E-state index is 0.296. The summed E-state index contributed by atoms with van der Waals surface area (Å²) in [5.41, 5.74) is 1.93. The predicted molar refractivity (Wildman–Crippen MR) is 77.8 cm³/mol. The zero-order valence-electron chi connectivity index (χ0n) is 11.9. The van der Waals surface area contributed by atoms with Crippen molar-refractivity contribution in [1.82, 2.24) is 10.6 Å². The molecule has 0 amide bonds. The maximum Gasteiger partial charge on any atom is 0.338 e. The van der Waals surface area contributed by atoms with Crippen molar-refractivity contribution in [3.8, 4) is 6.19 Å². The third-order valence-corrected chi connectivity index (χ3v) is 3.03. The van der Waals surface area contributed by atoms with Crippen LogP contribution in [-0.2, 0) is 9.53 Å². The van der Waals surface area contributed by atoms with Gasteiger partial charge in [0.05, 0.1) is 12.2 Å². The van der Waals surface area contributed by atoms with Gasteiger partial charge in [0, 0.05) is 5.70 Å². The van der Waals surface area contributed by atoms with E-state index in [1.807, 2.05) is 36.5 Å². The summed E-state index contributed by atoms with van der Waals surface area (Å²) in [5, 5.41) is 14.1. The summed E-state index contributed by atoms with van der Waals surface area (Å²) >= 11 is 0. The second kappa shape index (κ2) is 6.57. The average molecular weight is 284 g/mol. The number of hydrogen-bond donors (Lipinski definition) is 2. The van der Waals surface area contributed by atoms with Crippen molar-refractivity contribution in [2.24, 2.45) is 4.99 Å². The molecule has 0 bridgehead atoms. The summed E-state index contributed by atoms with van der Waals surface area (Å²) < 4.78 is 5.11. The molecule has 21 heavy (non-hydrogen) atoms. The standard InChI is InChI=1S/C15H16N4O2/c1-3-21-14(20)12-10(2)18-15(17-9-16)19-13(12)11-7-5-4-6-8-11/h4-8,13H,3H2,1-2H3,(H2,17,18,19). The fourth-order valence-electron chi connectivity index (χ4n) is 2.14. The van der Waals surface area contributed by atoms with E-state index >= 15 is 0 Å². The van der Waals surface area contributed by atoms with Gasteiger partial charge in [-0.15, -0.1) is 0 Å². The molecule has 1 aliphatic rings. The maximum absolute atomic E-state index is 12.2. The maximum atomic E-state index is 12.2. The Bertz CT molecular complexity index is 629. The molecule has 0 aliphatic carbocycles. The molecule has 1 heterocycles. The van der Waals surface area contributed by atoms with E-state index in [-0.39, 0.29) is 0 Å². The van der Waals surface area contributed by atoms with Gasteiger partial charge in [0.2, 0.25) is 5.96 Å². The molecule has 1 aromatic rings. The van der Waals surface area contributed by atoms with Gasteiger partial charge in [0.25, 0.3) is 0 Å². The summed E-state index contributed by atoms with van der Waals surface area (Å²) in [4.78, 5) is 16.6. The molecule has 0 spiro atoms. The highest BCUT2D eigenvalue weighted by Gasteiger charge is 2.30. The molecule has 0 fully saturated rings. The number of nitrogens with one attached hydrogen (secondary N) is 2. The fraction of sp³-hybridized carbons (Fsp3) is 0.267. The van der Waals surface area contributed by atoms with Crippen molar-refractivity contribution >= 4 is 11.9 Å². The van der Waals surface area contributed by atoms with Crippen LogP contribution in [0, 0.1) is 11.5 Å². The van der Waals surface area contributed by atoms with Gasteiger partial charge in [-0.3, -0.25) is 5.32 Å². The average Bonchev–Trinajstić information content (AvgIpc) is 2.48. The van der Waals surface area contributed by atoms with Crippen LogP contribution >= 0.6 is 0 Å². The molecule has 6 heteroatoms. The first-order valence-electron chi connectivity index (χ1n) is 6.60. The number of allylic oxidation sites excluding steroid dienone is 1. The normalized spacial score (nSPS) is 17.4. The van der Waals surface area contributed by atoms with Gasteiger partial charge in [-0.2, -0.15) is 5.26 Å². The van der Waals surface area contributed by atoms with Crippen molar-refractivity contribution in [1.29, 1.82) is 5.26 Å². The lowest BCUT2D eigenvalue weighted by Gasteiger charge is -2.25. The second-order valence-electron chi connectivity index (χ2n) is 4.41. The number of benzene rings is 1. The molecular formula is C15H16N4O2. The quantitative estimate of drug-likeness (QED) is 0.500. The van der Waals surface area contributed by atoms with E-state index in [4.69, 9.17) is 10.00 Å². The van der Waals surface area contributed by atoms with Crippen molar-refractivity contribution in [2.45, 2.75) is 19.9 Å². The fourth-order valence-corrected chi connectivity index (χ4v) is 2.14. The van der Waals surface area contributed by atoms with Crippen LogP contribution in [0.25, 0.3) is 0 Å². The molecular weight excluding hydrogens is 268 g/mol. The zero-order chi connectivity index (χ0) is 15.2. The van der Waals surface area contributed by atoms with E-state index in [1.165, 1.54) is 0 Å². The largest absolute Gasteiger partial charge is 0.463 e. The summed E-state index contributed by atoms with van der Waals surface area (Å²) in [6, 6.07) is 8.92. The Morgan fingerprint density at radius 2 is 2.19 bits per heavy atom. The highest BCUT2D eigenvalue weighted by molar-refractivity contribution is 5.95. The first-order valence-corrected chi connectivity index (χ1v) is 6.60. The van der Waals surface area contributed by atoms with E-state index in [1.54, 1.807) is 13.8 Å². The molecule has 2 rings (SSSR count). The van der Waals surface area contributed by atoms with Gasteiger partial charge in [0.15, 0.2) is 6.19 Å². The van der Waals surface area contributed by atoms with Gasteiger partial charge in [-0.25, -0.2) is 9.79 Å². The number of carbonyl (C=O) groups is 1. The number of hydrogen-bond acceptors (Lipinski definition) is 6. The van der Waals surface area contributed by atoms with Crippen molar-refractivity contribution in [3.05, 3.63) is 47.2 Å². The minimum Gasteiger partial charge on any atom is -0.463 e. The van der Waals surface area contributed by atoms with Crippen LogP contribution in [0.15, 0.2) is 46.6 Å². The Kier molecular flexibility index (Phi) is 4.57. The molecule has 6 nitrogen and oxygen atoms in total. The van der Waals surface area contributed by atoms with Crippen molar-refractivity contribution in [3.63, 3.8) is 0 Å². The Hall–Kier alpha value is -2.81. The zero-order valence-corrected chi connectivity index (χ0v) is 11.9. The number of nitriles is 1. The number of ether oxygens (including phenoxy) is 1. The second-order valence-corrected chi connectivity index (χ2v) is 4.41. The van der Waals surface area contributed by atoms with Crippen LogP contribution in [0.2, 0.25) is 0 Å². The van der Waals surface area contributed by atoms with Crippen LogP contribution in [-0.4, -0.2) is 18.5 Å². The lowest BCUT2D eigenvalue weighted by molar-refractivity contribution is -0.138. The molecule has 1 aromatic carbocycles. The Morgan fingerprint density at radius 1 is 1.48 bits per heavy atom. The first kappa shape index (κ1) is 14.6. The molecule has 0 saturated carbocycles. The number of carbonyl (C=O) groups excluding carboxylic acids is 1. The van der Waals surface area contributed by atoms with Gasteiger partial charge < -0.3 is 10.1 Å². The van der Waals surface area contributed by atoms with Crippen LogP contribution in [0.5, 0.6) is 0 Å². The molecule has 108 valence electrons. The molecule has 0 radical (unpaired) electrons. The Balaban J connectivity index is 2.44. The van der Waals surface area contributed by atoms with E-state index in [0.717, 1.165) is 5.56 Å². The molecule has 1 unspecified atom stereocenters. The lowest BCUT2D eigenvalue weighted by atomic mass is 9.96. The van der Waals surface area contributed by atoms with Gasteiger partial charge in [-0.05, 0) is 19.4 Å². The number of aliphatic imine (C=N–C) groups is 1. The summed E-state index contributed by atoms with van der Waals surface area (Å²) in [5.74, 6) is -0.0898. The summed E-state index contributed by atoms with van der Waals surface area (Å²) in [6.45, 7) is 3.81. The third-order valence-electron chi connectivity index (χ3n) is 3.03. The van der Waals surface area contributed by atoms with Gasteiger partial charge in [0.1, 0.15) is 6.04 Å². The third kappa shape index (κ3) is 3.20. The smallest absolute Gasteiger partial charge is 0.338 e.